The number of nitrogens with zero attached hydrogens (tertiary/aromatic N) is 5. The largest absolute Gasteiger partial charge is 0.396 e. The Kier molecular flexibility index (Phi) is 6.00. The summed E-state index contributed by atoms with van der Waals surface area (Å²) in [6, 6.07) is 7.38. The standard InChI is InChI=1S/C22H24F3N5O3/c1-28-19-16(12-27-28)20(32)30(14-26-19)13-21(33)7-9-29(10-8-21)18(31)11-17(22(23,24)25)15-5-3-2-4-6-15/h2-6,12,14,17,33H,7-11,13H2,1H3/t17-/m0/s1. The molecule has 1 atom stereocenters. The van der Waals surface area contributed by atoms with Gasteiger partial charge in [-0.05, 0) is 18.4 Å². The highest BCUT2D eigenvalue weighted by Gasteiger charge is 2.43. The molecule has 0 bridgehead atoms. The van der Waals surface area contributed by atoms with Crippen molar-refractivity contribution in [1.82, 2.24) is 24.2 Å². The topological polar surface area (TPSA) is 93.2 Å². The maximum absolute atomic E-state index is 13.6. The zero-order valence-corrected chi connectivity index (χ0v) is 18.0. The SMILES string of the molecule is Cn1ncc2c(=O)n(CC3(O)CCN(C(=O)C[C@@H](c4ccccc4)C(F)(F)F)CC3)cnc21. The van der Waals surface area contributed by atoms with Crippen molar-refractivity contribution in [3.63, 3.8) is 0 Å². The molecule has 0 aliphatic carbocycles. The molecular formula is C22H24F3N5O3. The highest BCUT2D eigenvalue weighted by Crippen LogP contribution is 2.38. The summed E-state index contributed by atoms with van der Waals surface area (Å²) in [4.78, 5) is 30.9. The smallest absolute Gasteiger partial charge is 0.388 e. The van der Waals surface area contributed by atoms with E-state index < -0.39 is 30.0 Å². The van der Waals surface area contributed by atoms with Gasteiger partial charge in [0.25, 0.3) is 5.56 Å². The van der Waals surface area contributed by atoms with Gasteiger partial charge in [0, 0.05) is 26.6 Å². The van der Waals surface area contributed by atoms with E-state index in [1.807, 2.05) is 0 Å². The summed E-state index contributed by atoms with van der Waals surface area (Å²) in [5.74, 6) is -2.50. The van der Waals surface area contributed by atoms with Crippen molar-refractivity contribution in [3.05, 3.63) is 58.8 Å². The number of rotatable bonds is 5. The van der Waals surface area contributed by atoms with Gasteiger partial charge in [0.15, 0.2) is 5.65 Å². The van der Waals surface area contributed by atoms with Crippen LogP contribution in [0.4, 0.5) is 13.2 Å². The summed E-state index contributed by atoms with van der Waals surface area (Å²) in [7, 11) is 1.67. The van der Waals surface area contributed by atoms with E-state index in [1.54, 1.807) is 13.1 Å². The third-order valence-corrected chi connectivity index (χ3v) is 6.21. The van der Waals surface area contributed by atoms with Gasteiger partial charge in [-0.1, -0.05) is 30.3 Å². The van der Waals surface area contributed by atoms with Gasteiger partial charge in [-0.15, -0.1) is 0 Å². The number of fused-ring (bicyclic) bond motifs is 1. The molecule has 33 heavy (non-hydrogen) atoms. The third-order valence-electron chi connectivity index (χ3n) is 6.21. The van der Waals surface area contributed by atoms with Gasteiger partial charge >= 0.3 is 6.18 Å². The molecule has 1 amide bonds. The fraction of sp³-hybridized carbons (Fsp3) is 0.455. The molecule has 3 aromatic rings. The normalized spacial score (nSPS) is 17.3. The fourth-order valence-electron chi connectivity index (χ4n) is 4.24. The van der Waals surface area contributed by atoms with Crippen LogP contribution in [-0.2, 0) is 18.4 Å². The van der Waals surface area contributed by atoms with Crippen molar-refractivity contribution in [3.8, 4) is 0 Å². The zero-order chi connectivity index (χ0) is 23.8. The van der Waals surface area contributed by atoms with Gasteiger partial charge in [0.2, 0.25) is 5.91 Å². The van der Waals surface area contributed by atoms with Crippen molar-refractivity contribution < 1.29 is 23.1 Å². The number of piperidine rings is 1. The quantitative estimate of drug-likeness (QED) is 0.627. The van der Waals surface area contributed by atoms with E-state index in [0.717, 1.165) is 0 Å². The Morgan fingerprint density at radius 2 is 1.88 bits per heavy atom. The molecule has 1 aliphatic heterocycles. The molecule has 8 nitrogen and oxygen atoms in total. The minimum Gasteiger partial charge on any atom is -0.388 e. The summed E-state index contributed by atoms with van der Waals surface area (Å²) >= 11 is 0. The molecule has 0 spiro atoms. The van der Waals surface area contributed by atoms with Crippen LogP contribution in [0, 0.1) is 0 Å². The number of carbonyl (C=O) groups is 1. The molecule has 3 heterocycles. The zero-order valence-electron chi connectivity index (χ0n) is 18.0. The molecule has 1 fully saturated rings. The molecule has 0 radical (unpaired) electrons. The first-order chi connectivity index (χ1) is 15.6. The number of aliphatic hydroxyl groups is 1. The van der Waals surface area contributed by atoms with E-state index >= 15 is 0 Å². The van der Waals surface area contributed by atoms with Crippen molar-refractivity contribution in [1.29, 1.82) is 0 Å². The first-order valence-electron chi connectivity index (χ1n) is 10.6. The average molecular weight is 463 g/mol. The van der Waals surface area contributed by atoms with Gasteiger partial charge in [-0.25, -0.2) is 4.98 Å². The van der Waals surface area contributed by atoms with Crippen molar-refractivity contribution >= 4 is 16.9 Å². The number of carbonyl (C=O) groups excluding carboxylic acids is 1. The maximum Gasteiger partial charge on any atom is 0.396 e. The molecule has 1 N–H and O–H groups in total. The minimum atomic E-state index is -4.55. The predicted molar refractivity (Wildman–Crippen MR) is 113 cm³/mol. The number of amides is 1. The second-order valence-electron chi connectivity index (χ2n) is 8.50. The first-order valence-corrected chi connectivity index (χ1v) is 10.6. The molecule has 1 aliphatic rings. The number of hydrogen-bond donors (Lipinski definition) is 1. The molecule has 11 heteroatoms. The number of aryl methyl sites for hydroxylation is 1. The van der Waals surface area contributed by atoms with Crippen LogP contribution in [-0.4, -0.2) is 60.1 Å². The van der Waals surface area contributed by atoms with E-state index in [9.17, 15) is 27.9 Å². The monoisotopic (exact) mass is 463 g/mol. The Morgan fingerprint density at radius 3 is 2.52 bits per heavy atom. The Balaban J connectivity index is 1.42. The Bertz CT molecular complexity index is 1200. The van der Waals surface area contributed by atoms with Crippen LogP contribution in [0.5, 0.6) is 0 Å². The summed E-state index contributed by atoms with van der Waals surface area (Å²) < 4.78 is 43.6. The summed E-state index contributed by atoms with van der Waals surface area (Å²) in [5, 5.41) is 15.3. The maximum atomic E-state index is 13.6. The van der Waals surface area contributed by atoms with Crippen LogP contribution >= 0.6 is 0 Å². The highest BCUT2D eigenvalue weighted by atomic mass is 19.4. The predicted octanol–water partition coefficient (Wildman–Crippen LogP) is 2.22. The molecule has 4 rings (SSSR count). The van der Waals surface area contributed by atoms with Crippen molar-refractivity contribution in [2.45, 2.75) is 43.5 Å². The van der Waals surface area contributed by atoms with E-state index in [4.69, 9.17) is 0 Å². The lowest BCUT2D eigenvalue weighted by Gasteiger charge is -2.39. The summed E-state index contributed by atoms with van der Waals surface area (Å²) in [6.07, 6.45) is -2.21. The van der Waals surface area contributed by atoms with Gasteiger partial charge in [0.05, 0.1) is 24.3 Å². The molecule has 0 unspecified atom stereocenters. The van der Waals surface area contributed by atoms with Crippen LogP contribution in [0.25, 0.3) is 11.0 Å². The molecule has 2 aromatic heterocycles. The van der Waals surface area contributed by atoms with Gasteiger partial charge in [-0.3, -0.25) is 18.8 Å². The van der Waals surface area contributed by atoms with Gasteiger partial charge < -0.3 is 10.0 Å². The summed E-state index contributed by atoms with van der Waals surface area (Å²) in [5.41, 5.74) is -1.14. The number of aromatic nitrogens is 4. The third kappa shape index (κ3) is 4.77. The molecule has 1 aromatic carbocycles. The lowest BCUT2D eigenvalue weighted by Crippen LogP contribution is -2.50. The average Bonchev–Trinajstić information content (AvgIpc) is 3.15. The number of hydrogen-bond acceptors (Lipinski definition) is 5. The van der Waals surface area contributed by atoms with E-state index in [2.05, 4.69) is 10.1 Å². The first kappa shape index (κ1) is 23.0. The molecule has 176 valence electrons. The molecule has 0 saturated carbocycles. The van der Waals surface area contributed by atoms with Crippen LogP contribution < -0.4 is 5.56 Å². The lowest BCUT2D eigenvalue weighted by atomic mass is 9.90. The van der Waals surface area contributed by atoms with E-state index in [0.29, 0.717) is 11.0 Å². The number of halogens is 3. The van der Waals surface area contributed by atoms with E-state index in [1.165, 1.54) is 50.9 Å². The number of benzene rings is 1. The Hall–Kier alpha value is -3.21. The van der Waals surface area contributed by atoms with Gasteiger partial charge in [0.1, 0.15) is 11.7 Å². The number of likely N-dealkylation sites (tertiary alicyclic amines) is 1. The summed E-state index contributed by atoms with van der Waals surface area (Å²) in [6.45, 7) is 0.179. The molecule has 1 saturated heterocycles. The van der Waals surface area contributed by atoms with Crippen LogP contribution in [0.3, 0.4) is 0 Å². The highest BCUT2D eigenvalue weighted by molar-refractivity contribution is 5.77. The van der Waals surface area contributed by atoms with Crippen molar-refractivity contribution in [2.75, 3.05) is 13.1 Å². The second kappa shape index (κ2) is 8.62. The Morgan fingerprint density at radius 1 is 1.21 bits per heavy atom. The number of alkyl halides is 3. The Labute approximate surface area is 187 Å². The van der Waals surface area contributed by atoms with Gasteiger partial charge in [-0.2, -0.15) is 18.3 Å². The fourth-order valence-corrected chi connectivity index (χ4v) is 4.24. The van der Waals surface area contributed by atoms with Crippen LogP contribution in [0.2, 0.25) is 0 Å². The van der Waals surface area contributed by atoms with Crippen molar-refractivity contribution in [2.24, 2.45) is 7.05 Å². The van der Waals surface area contributed by atoms with Crippen LogP contribution in [0.15, 0.2) is 47.7 Å². The second-order valence-corrected chi connectivity index (χ2v) is 8.50. The van der Waals surface area contributed by atoms with Crippen LogP contribution in [0.1, 0.15) is 30.7 Å². The minimum absolute atomic E-state index is 0.0269. The molecular weight excluding hydrogens is 439 g/mol. The van der Waals surface area contributed by atoms with E-state index in [-0.39, 0.29) is 43.6 Å². The lowest BCUT2D eigenvalue weighted by molar-refractivity contribution is -0.162.